The van der Waals surface area contributed by atoms with Crippen LogP contribution in [-0.4, -0.2) is 28.9 Å². The molecule has 1 heterocycles. The first-order valence-corrected chi connectivity index (χ1v) is 9.52. The highest BCUT2D eigenvalue weighted by Crippen LogP contribution is 2.32. The first-order valence-electron chi connectivity index (χ1n) is 9.52. The van der Waals surface area contributed by atoms with E-state index in [4.69, 9.17) is 10.3 Å². The van der Waals surface area contributed by atoms with Crippen molar-refractivity contribution in [3.63, 3.8) is 0 Å². The van der Waals surface area contributed by atoms with Crippen LogP contribution in [0.4, 0.5) is 0 Å². The molecule has 2 aromatic carbocycles. The summed E-state index contributed by atoms with van der Waals surface area (Å²) in [5.41, 5.74) is 11.4. The molecule has 3 rings (SSSR count). The summed E-state index contributed by atoms with van der Waals surface area (Å²) >= 11 is 0. The minimum atomic E-state index is -0.897. The summed E-state index contributed by atoms with van der Waals surface area (Å²) in [4.78, 5) is 29.6. The first kappa shape index (κ1) is 20.9. The van der Waals surface area contributed by atoms with E-state index in [1.807, 2.05) is 66.7 Å². The normalized spacial score (nSPS) is 17.8. The molecule has 2 aromatic rings. The van der Waals surface area contributed by atoms with E-state index in [1.54, 1.807) is 19.9 Å². The molecule has 1 aliphatic heterocycles. The van der Waals surface area contributed by atoms with Crippen molar-refractivity contribution in [1.82, 2.24) is 4.90 Å². The lowest BCUT2D eigenvalue weighted by Gasteiger charge is -2.44. The van der Waals surface area contributed by atoms with Crippen LogP contribution >= 0.6 is 0 Å². The van der Waals surface area contributed by atoms with Crippen LogP contribution < -0.4 is 0 Å². The van der Waals surface area contributed by atoms with Crippen LogP contribution in [0.15, 0.2) is 83.1 Å². The lowest BCUT2D eigenvalue weighted by atomic mass is 9.92. The van der Waals surface area contributed by atoms with Crippen molar-refractivity contribution < 1.29 is 14.3 Å². The number of likely N-dealkylation sites (tertiary alicyclic amines) is 1. The van der Waals surface area contributed by atoms with Gasteiger partial charge in [-0.25, -0.2) is 4.79 Å². The predicted octanol–water partition coefficient (Wildman–Crippen LogP) is 4.63. The Balaban J connectivity index is 1.83. The molecule has 2 unspecified atom stereocenters. The molecule has 0 aromatic heterocycles. The summed E-state index contributed by atoms with van der Waals surface area (Å²) in [6, 6.07) is 17.4. The highest BCUT2D eigenvalue weighted by molar-refractivity contribution is 6.01. The number of hydrogen-bond acceptors (Lipinski definition) is 4. The van der Waals surface area contributed by atoms with Crippen molar-refractivity contribution in [1.29, 1.82) is 0 Å². The number of allylic oxidation sites excluding steroid dienone is 1. The molecular formula is C23H22N4O3. The van der Waals surface area contributed by atoms with Crippen molar-refractivity contribution in [2.24, 2.45) is 5.11 Å². The summed E-state index contributed by atoms with van der Waals surface area (Å²) in [5.74, 6) is -1.02. The molecule has 7 heteroatoms. The Morgan fingerprint density at radius 2 is 1.77 bits per heavy atom. The van der Waals surface area contributed by atoms with E-state index in [9.17, 15) is 9.59 Å². The number of carbonyl (C=O) groups is 2. The fourth-order valence-electron chi connectivity index (χ4n) is 3.23. The molecule has 0 saturated carbocycles. The van der Waals surface area contributed by atoms with E-state index in [1.165, 1.54) is 4.90 Å². The summed E-state index contributed by atoms with van der Waals surface area (Å²) in [6.07, 6.45) is 3.60. The Kier molecular flexibility index (Phi) is 6.67. The molecule has 0 spiro atoms. The van der Waals surface area contributed by atoms with Crippen LogP contribution in [0.3, 0.4) is 0 Å². The Bertz CT molecular complexity index is 1020. The van der Waals surface area contributed by atoms with Crippen molar-refractivity contribution >= 4 is 18.0 Å². The van der Waals surface area contributed by atoms with E-state index in [0.29, 0.717) is 5.57 Å². The van der Waals surface area contributed by atoms with Gasteiger partial charge in [-0.3, -0.25) is 9.69 Å². The van der Waals surface area contributed by atoms with Crippen LogP contribution in [0.5, 0.6) is 0 Å². The Hall–Kier alpha value is -3.83. The summed E-state index contributed by atoms with van der Waals surface area (Å²) in [7, 11) is 0. The summed E-state index contributed by atoms with van der Waals surface area (Å²) < 4.78 is 5.44. The highest BCUT2D eigenvalue weighted by Gasteiger charge is 2.49. The number of rotatable bonds is 7. The van der Waals surface area contributed by atoms with Gasteiger partial charge in [0.1, 0.15) is 18.3 Å². The van der Waals surface area contributed by atoms with Crippen molar-refractivity contribution in [3.05, 3.63) is 99.6 Å². The average Bonchev–Trinajstić information content (AvgIpc) is 2.77. The summed E-state index contributed by atoms with van der Waals surface area (Å²) in [6.45, 7) is 3.58. The molecule has 152 valence electrons. The molecule has 0 radical (unpaired) electrons. The van der Waals surface area contributed by atoms with Crippen LogP contribution in [0.2, 0.25) is 0 Å². The molecule has 1 aliphatic rings. The van der Waals surface area contributed by atoms with Gasteiger partial charge < -0.3 is 4.74 Å². The zero-order valence-corrected chi connectivity index (χ0v) is 16.8. The molecule has 0 bridgehead atoms. The third kappa shape index (κ3) is 4.59. The van der Waals surface area contributed by atoms with Crippen molar-refractivity contribution in [2.45, 2.75) is 32.5 Å². The number of amides is 1. The standard InChI is InChI=1S/C23H22N4O3/c1-16(2)21(23(29)30-15-18-11-7-4-8-12-18)27-19(20(22(27)28)25-26-24)14-13-17-9-5-3-6-10-17/h3-14,19-20H,15H2,1-2H3. The molecule has 0 N–H and O–H groups in total. The molecule has 30 heavy (non-hydrogen) atoms. The van der Waals surface area contributed by atoms with Gasteiger partial charge in [0.15, 0.2) is 0 Å². The molecular weight excluding hydrogens is 380 g/mol. The second kappa shape index (κ2) is 9.58. The maximum atomic E-state index is 12.8. The molecule has 0 aliphatic carbocycles. The lowest BCUT2D eigenvalue weighted by Crippen LogP contribution is -2.63. The number of β-lactam (4-membered cyclic amide) rings is 1. The third-order valence-corrected chi connectivity index (χ3v) is 4.69. The van der Waals surface area contributed by atoms with Crippen LogP contribution in [-0.2, 0) is 20.9 Å². The molecule has 1 saturated heterocycles. The molecule has 1 amide bonds. The number of ether oxygens (including phenoxy) is 1. The smallest absolute Gasteiger partial charge is 0.355 e. The highest BCUT2D eigenvalue weighted by atomic mass is 16.5. The van der Waals surface area contributed by atoms with Crippen LogP contribution in [0.25, 0.3) is 16.5 Å². The van der Waals surface area contributed by atoms with Crippen LogP contribution in [0.1, 0.15) is 25.0 Å². The lowest BCUT2D eigenvalue weighted by molar-refractivity contribution is -0.152. The van der Waals surface area contributed by atoms with E-state index in [-0.39, 0.29) is 12.3 Å². The van der Waals surface area contributed by atoms with Gasteiger partial charge in [-0.05, 0) is 36.1 Å². The number of esters is 1. The minimum Gasteiger partial charge on any atom is -0.456 e. The van der Waals surface area contributed by atoms with Crippen molar-refractivity contribution in [2.75, 3.05) is 0 Å². The number of nitrogens with zero attached hydrogens (tertiary/aromatic N) is 4. The SMILES string of the molecule is CC(C)=C(C(=O)OCc1ccccc1)N1C(=O)C(N=[N+]=[N-])C1C=Cc1ccccc1. The fraction of sp³-hybridized carbons (Fsp3) is 0.217. The Labute approximate surface area is 174 Å². The largest absolute Gasteiger partial charge is 0.456 e. The second-order valence-electron chi connectivity index (χ2n) is 7.03. The molecule has 7 nitrogen and oxygen atoms in total. The van der Waals surface area contributed by atoms with Gasteiger partial charge in [-0.1, -0.05) is 77.9 Å². The number of azide groups is 1. The van der Waals surface area contributed by atoms with Gasteiger partial charge in [0, 0.05) is 4.91 Å². The van der Waals surface area contributed by atoms with Gasteiger partial charge >= 0.3 is 5.97 Å². The maximum absolute atomic E-state index is 12.8. The van der Waals surface area contributed by atoms with Gasteiger partial charge in [-0.2, -0.15) is 0 Å². The third-order valence-electron chi connectivity index (χ3n) is 4.69. The Morgan fingerprint density at radius 3 is 2.37 bits per heavy atom. The Morgan fingerprint density at radius 1 is 1.13 bits per heavy atom. The summed E-state index contributed by atoms with van der Waals surface area (Å²) in [5, 5.41) is 3.61. The van der Waals surface area contributed by atoms with E-state index < -0.39 is 24.0 Å². The van der Waals surface area contributed by atoms with Gasteiger partial charge in [-0.15, -0.1) is 0 Å². The van der Waals surface area contributed by atoms with E-state index in [2.05, 4.69) is 10.0 Å². The van der Waals surface area contributed by atoms with Crippen LogP contribution in [0, 0.1) is 0 Å². The zero-order valence-electron chi connectivity index (χ0n) is 16.8. The monoisotopic (exact) mass is 402 g/mol. The topological polar surface area (TPSA) is 95.4 Å². The fourth-order valence-corrected chi connectivity index (χ4v) is 3.23. The molecule has 2 atom stereocenters. The maximum Gasteiger partial charge on any atom is 0.355 e. The quantitative estimate of drug-likeness (QED) is 0.169. The van der Waals surface area contributed by atoms with Gasteiger partial charge in [0.25, 0.3) is 0 Å². The first-order chi connectivity index (χ1) is 14.5. The average molecular weight is 402 g/mol. The number of benzene rings is 2. The predicted molar refractivity (Wildman–Crippen MR) is 114 cm³/mol. The number of hydrogen-bond donors (Lipinski definition) is 0. The van der Waals surface area contributed by atoms with Gasteiger partial charge in [0.05, 0.1) is 6.04 Å². The van der Waals surface area contributed by atoms with Gasteiger partial charge in [0.2, 0.25) is 5.91 Å². The van der Waals surface area contributed by atoms with E-state index >= 15 is 0 Å². The zero-order chi connectivity index (χ0) is 21.5. The van der Waals surface area contributed by atoms with Crippen molar-refractivity contribution in [3.8, 4) is 0 Å². The number of carbonyl (C=O) groups excluding carboxylic acids is 2. The minimum absolute atomic E-state index is 0.1000. The van der Waals surface area contributed by atoms with E-state index in [0.717, 1.165) is 11.1 Å². The molecule has 1 fully saturated rings. The second-order valence-corrected chi connectivity index (χ2v) is 7.03.